The average Bonchev–Trinajstić information content (AvgIpc) is 3.47. The number of benzene rings is 1. The van der Waals surface area contributed by atoms with Crippen LogP contribution < -0.4 is 5.32 Å². The number of pyridine rings is 1. The summed E-state index contributed by atoms with van der Waals surface area (Å²) in [5, 5.41) is 8.80. The predicted molar refractivity (Wildman–Crippen MR) is 134 cm³/mol. The van der Waals surface area contributed by atoms with Crippen LogP contribution in [0, 0.1) is 0 Å². The molecule has 178 valence electrons. The van der Waals surface area contributed by atoms with Gasteiger partial charge < -0.3 is 5.32 Å². The van der Waals surface area contributed by atoms with E-state index in [0.717, 1.165) is 55.2 Å². The largest absolute Gasteiger partial charge is 0.314 e. The van der Waals surface area contributed by atoms with Crippen LogP contribution in [0.3, 0.4) is 0 Å². The molecular formula is C26H31N5O2S. The molecule has 1 fully saturated rings. The van der Waals surface area contributed by atoms with Gasteiger partial charge in [0.25, 0.3) is 10.0 Å². The molecule has 1 N–H and O–H groups in total. The van der Waals surface area contributed by atoms with E-state index in [4.69, 9.17) is 4.98 Å². The molecule has 34 heavy (non-hydrogen) atoms. The fraction of sp³-hybridized carbons (Fsp3) is 0.385. The molecule has 5 rings (SSSR count). The van der Waals surface area contributed by atoms with Gasteiger partial charge in [0.2, 0.25) is 0 Å². The van der Waals surface area contributed by atoms with Gasteiger partial charge in [-0.05, 0) is 68.3 Å². The van der Waals surface area contributed by atoms with Crippen molar-refractivity contribution in [2.45, 2.75) is 55.9 Å². The van der Waals surface area contributed by atoms with Crippen LogP contribution in [0.1, 0.15) is 50.5 Å². The number of nitrogens with zero attached hydrogens (tertiary/aromatic N) is 4. The van der Waals surface area contributed by atoms with Crippen LogP contribution in [0.4, 0.5) is 0 Å². The Morgan fingerprint density at radius 3 is 2.50 bits per heavy atom. The third-order valence-corrected chi connectivity index (χ3v) is 8.49. The maximum Gasteiger partial charge on any atom is 0.269 e. The SMILES string of the molecule is CCCNC1CCC(c2cnc3c(c2)c(-c2cnn(C)c2)cn3S(=O)(=O)c2ccccc2)CC1. The van der Waals surface area contributed by atoms with E-state index >= 15 is 0 Å². The molecule has 0 unspecified atom stereocenters. The first-order valence-corrected chi connectivity index (χ1v) is 13.5. The highest BCUT2D eigenvalue weighted by Crippen LogP contribution is 2.37. The number of hydrogen-bond donors (Lipinski definition) is 1. The van der Waals surface area contributed by atoms with E-state index in [1.807, 2.05) is 25.5 Å². The molecular weight excluding hydrogens is 446 g/mol. The molecule has 0 atom stereocenters. The van der Waals surface area contributed by atoms with Crippen molar-refractivity contribution in [3.05, 3.63) is 66.7 Å². The van der Waals surface area contributed by atoms with Crippen LogP contribution in [0.5, 0.6) is 0 Å². The van der Waals surface area contributed by atoms with Crippen molar-refractivity contribution in [1.29, 1.82) is 0 Å². The second kappa shape index (κ2) is 9.35. The minimum atomic E-state index is -3.78. The highest BCUT2D eigenvalue weighted by molar-refractivity contribution is 7.90. The Labute approximate surface area is 200 Å². The van der Waals surface area contributed by atoms with E-state index in [-0.39, 0.29) is 4.90 Å². The van der Waals surface area contributed by atoms with Gasteiger partial charge in [-0.2, -0.15) is 5.10 Å². The van der Waals surface area contributed by atoms with Crippen LogP contribution in [0.15, 0.2) is 66.1 Å². The van der Waals surface area contributed by atoms with Gasteiger partial charge in [0, 0.05) is 48.2 Å². The summed E-state index contributed by atoms with van der Waals surface area (Å²) in [6.07, 6.45) is 12.9. The zero-order chi connectivity index (χ0) is 23.7. The summed E-state index contributed by atoms with van der Waals surface area (Å²) in [4.78, 5) is 4.95. The number of nitrogens with one attached hydrogen (secondary N) is 1. The number of aromatic nitrogens is 4. The summed E-state index contributed by atoms with van der Waals surface area (Å²) < 4.78 is 30.0. The summed E-state index contributed by atoms with van der Waals surface area (Å²) in [7, 11) is -1.92. The Morgan fingerprint density at radius 1 is 1.06 bits per heavy atom. The lowest BCUT2D eigenvalue weighted by Gasteiger charge is -2.29. The lowest BCUT2D eigenvalue weighted by Crippen LogP contribution is -2.33. The summed E-state index contributed by atoms with van der Waals surface area (Å²) in [5.41, 5.74) is 3.34. The Morgan fingerprint density at radius 2 is 1.82 bits per heavy atom. The Hall–Kier alpha value is -2.97. The van der Waals surface area contributed by atoms with Gasteiger partial charge in [-0.15, -0.1) is 0 Å². The highest BCUT2D eigenvalue weighted by atomic mass is 32.2. The number of aryl methyl sites for hydroxylation is 1. The van der Waals surface area contributed by atoms with Crippen LogP contribution in [0.2, 0.25) is 0 Å². The molecule has 8 heteroatoms. The van der Waals surface area contributed by atoms with Crippen molar-refractivity contribution in [3.8, 4) is 11.1 Å². The fourth-order valence-corrected chi connectivity index (χ4v) is 6.32. The zero-order valence-corrected chi connectivity index (χ0v) is 20.5. The van der Waals surface area contributed by atoms with Gasteiger partial charge in [0.1, 0.15) is 0 Å². The summed E-state index contributed by atoms with van der Waals surface area (Å²) >= 11 is 0. The lowest BCUT2D eigenvalue weighted by molar-refractivity contribution is 0.343. The first-order valence-electron chi connectivity index (χ1n) is 12.0. The summed E-state index contributed by atoms with van der Waals surface area (Å²) in [6, 6.07) is 11.2. The van der Waals surface area contributed by atoms with Gasteiger partial charge in [-0.1, -0.05) is 25.1 Å². The van der Waals surface area contributed by atoms with Crippen LogP contribution in [-0.2, 0) is 17.1 Å². The quantitative estimate of drug-likeness (QED) is 0.417. The number of fused-ring (bicyclic) bond motifs is 1. The Bertz CT molecular complexity index is 1380. The van der Waals surface area contributed by atoms with E-state index in [0.29, 0.717) is 17.6 Å². The fourth-order valence-electron chi connectivity index (χ4n) is 4.98. The summed E-state index contributed by atoms with van der Waals surface area (Å²) in [5.74, 6) is 0.437. The monoisotopic (exact) mass is 477 g/mol. The molecule has 0 radical (unpaired) electrons. The first-order chi connectivity index (χ1) is 16.5. The molecule has 0 amide bonds. The molecule has 0 bridgehead atoms. The van der Waals surface area contributed by atoms with Crippen molar-refractivity contribution in [1.82, 2.24) is 24.1 Å². The molecule has 1 aliphatic carbocycles. The van der Waals surface area contributed by atoms with Crippen molar-refractivity contribution in [2.75, 3.05) is 6.54 Å². The molecule has 3 aromatic heterocycles. The minimum Gasteiger partial charge on any atom is -0.314 e. The first kappa shape index (κ1) is 22.8. The lowest BCUT2D eigenvalue weighted by atomic mass is 9.82. The molecule has 7 nitrogen and oxygen atoms in total. The van der Waals surface area contributed by atoms with Gasteiger partial charge in [-0.3, -0.25) is 4.68 Å². The number of hydrogen-bond acceptors (Lipinski definition) is 5. The molecule has 1 aliphatic rings. The normalized spacial score (nSPS) is 19.0. The van der Waals surface area contributed by atoms with Crippen molar-refractivity contribution in [2.24, 2.45) is 7.05 Å². The van der Waals surface area contributed by atoms with Gasteiger partial charge in [0.15, 0.2) is 5.65 Å². The highest BCUT2D eigenvalue weighted by Gasteiger charge is 2.26. The van der Waals surface area contributed by atoms with Gasteiger partial charge >= 0.3 is 0 Å². The minimum absolute atomic E-state index is 0.244. The standard InChI is InChI=1S/C26H31N5O2S/c1-3-13-27-22-11-9-19(10-12-22)20-14-24-25(21-16-29-30(2)17-21)18-31(26(24)28-15-20)34(32,33)23-7-5-4-6-8-23/h4-8,14-19,22,27H,3,9-13H2,1-2H3. The second-order valence-corrected chi connectivity index (χ2v) is 11.0. The van der Waals surface area contributed by atoms with Crippen molar-refractivity contribution < 1.29 is 8.42 Å². The smallest absolute Gasteiger partial charge is 0.269 e. The molecule has 0 aliphatic heterocycles. The molecule has 0 saturated heterocycles. The predicted octanol–water partition coefficient (Wildman–Crippen LogP) is 4.70. The molecule has 4 aromatic rings. The van der Waals surface area contributed by atoms with E-state index in [9.17, 15) is 8.42 Å². The number of rotatable bonds is 7. The second-order valence-electron chi connectivity index (χ2n) is 9.20. The van der Waals surface area contributed by atoms with E-state index in [1.54, 1.807) is 41.3 Å². The molecule has 1 saturated carbocycles. The zero-order valence-electron chi connectivity index (χ0n) is 19.7. The average molecular weight is 478 g/mol. The van der Waals surface area contributed by atoms with Gasteiger partial charge in [0.05, 0.1) is 11.1 Å². The summed E-state index contributed by atoms with van der Waals surface area (Å²) in [6.45, 7) is 3.27. The maximum absolute atomic E-state index is 13.5. The Balaban J connectivity index is 1.56. The van der Waals surface area contributed by atoms with Crippen LogP contribution in [-0.4, -0.2) is 39.7 Å². The molecule has 3 heterocycles. The van der Waals surface area contributed by atoms with E-state index in [2.05, 4.69) is 23.4 Å². The molecule has 0 spiro atoms. The van der Waals surface area contributed by atoms with Crippen LogP contribution in [0.25, 0.3) is 22.2 Å². The van der Waals surface area contributed by atoms with E-state index in [1.165, 1.54) is 9.54 Å². The molecule has 1 aromatic carbocycles. The Kier molecular flexibility index (Phi) is 6.27. The van der Waals surface area contributed by atoms with Crippen molar-refractivity contribution >= 4 is 21.1 Å². The van der Waals surface area contributed by atoms with Gasteiger partial charge in [-0.25, -0.2) is 17.4 Å². The topological polar surface area (TPSA) is 81.8 Å². The van der Waals surface area contributed by atoms with Crippen molar-refractivity contribution in [3.63, 3.8) is 0 Å². The van der Waals surface area contributed by atoms with E-state index < -0.39 is 10.0 Å². The third-order valence-electron chi connectivity index (χ3n) is 6.83. The maximum atomic E-state index is 13.5. The third kappa shape index (κ3) is 4.28. The van der Waals surface area contributed by atoms with Crippen LogP contribution >= 0.6 is 0 Å².